The maximum atomic E-state index is 13.9. The van der Waals surface area contributed by atoms with E-state index in [2.05, 4.69) is 0 Å². The summed E-state index contributed by atoms with van der Waals surface area (Å²) < 4.78 is 95.9. The van der Waals surface area contributed by atoms with Crippen LogP contribution < -0.4 is 56.3 Å². The van der Waals surface area contributed by atoms with Gasteiger partial charge < -0.3 is 9.45 Å². The number of thiophene rings is 1. The Bertz CT molecular complexity index is 1900. The molecule has 1 aromatic heterocycles. The molecular formula is C27H21ClF2KNO6S4. The molecule has 42 heavy (non-hydrogen) atoms. The Kier molecular flexibility index (Phi) is 11.0. The third-order valence-corrected chi connectivity index (χ3v) is 10.4. The fourth-order valence-corrected chi connectivity index (χ4v) is 8.56. The minimum Gasteiger partial charge on any atom is -0.747 e. The molecule has 0 spiro atoms. The van der Waals surface area contributed by atoms with Crippen molar-refractivity contribution in [3.8, 4) is 0 Å². The number of thioether (sulfide) groups is 1. The van der Waals surface area contributed by atoms with Crippen molar-refractivity contribution in [1.29, 1.82) is 0 Å². The summed E-state index contributed by atoms with van der Waals surface area (Å²) in [5, 5.41) is 1.29. The van der Waals surface area contributed by atoms with E-state index < -0.39 is 43.5 Å². The summed E-state index contributed by atoms with van der Waals surface area (Å²) in [6.45, 7) is 0. The van der Waals surface area contributed by atoms with Crippen LogP contribution in [-0.4, -0.2) is 31.8 Å². The molecular weight excluding hydrogens is 675 g/mol. The Hall–Kier alpha value is -0.884. The van der Waals surface area contributed by atoms with E-state index in [-0.39, 0.29) is 57.1 Å². The number of benzene rings is 2. The van der Waals surface area contributed by atoms with Gasteiger partial charge in [0.1, 0.15) is 33.4 Å². The molecule has 2 aliphatic rings. The molecule has 0 radical (unpaired) electrons. The van der Waals surface area contributed by atoms with Gasteiger partial charge in [0.15, 0.2) is 0 Å². The number of allylic oxidation sites excluding steroid dienone is 6. The van der Waals surface area contributed by atoms with E-state index in [0.29, 0.717) is 48.3 Å². The summed E-state index contributed by atoms with van der Waals surface area (Å²) in [5.41, 5.74) is 2.11. The maximum Gasteiger partial charge on any atom is 1.00 e. The van der Waals surface area contributed by atoms with Crippen LogP contribution in [0.15, 0.2) is 80.7 Å². The van der Waals surface area contributed by atoms with Gasteiger partial charge in [0.2, 0.25) is 0 Å². The number of rotatable bonds is 7. The Labute approximate surface area is 297 Å². The summed E-state index contributed by atoms with van der Waals surface area (Å²) in [5.74, 6) is -2.60. The van der Waals surface area contributed by atoms with Crippen molar-refractivity contribution >= 4 is 76.8 Å². The molecule has 0 fully saturated rings. The zero-order valence-electron chi connectivity index (χ0n) is 22.0. The molecule has 15 heteroatoms. The molecule has 216 valence electrons. The van der Waals surface area contributed by atoms with Crippen molar-refractivity contribution in [1.82, 2.24) is 0 Å². The first kappa shape index (κ1) is 34.0. The number of nitrogens with zero attached hydrogens (tertiary/aromatic N) is 1. The van der Waals surface area contributed by atoms with Gasteiger partial charge in [-0.3, -0.25) is 4.55 Å². The van der Waals surface area contributed by atoms with Gasteiger partial charge in [-0.2, -0.15) is 8.42 Å². The molecule has 0 saturated carbocycles. The van der Waals surface area contributed by atoms with Crippen molar-refractivity contribution in [2.45, 2.75) is 29.9 Å². The molecule has 0 unspecified atom stereocenters. The quantitative estimate of drug-likeness (QED) is 0.290. The molecule has 1 aliphatic carbocycles. The Balaban J connectivity index is 0.00000405. The fourth-order valence-electron chi connectivity index (χ4n) is 4.65. The van der Waals surface area contributed by atoms with Crippen molar-refractivity contribution in [3.05, 3.63) is 97.9 Å². The van der Waals surface area contributed by atoms with Crippen LogP contribution in [0.25, 0.3) is 16.2 Å². The van der Waals surface area contributed by atoms with Crippen LogP contribution in [-0.2, 0) is 26.0 Å². The number of fused-ring (bicyclic) bond motifs is 2. The van der Waals surface area contributed by atoms with Crippen molar-refractivity contribution < 1.29 is 86.1 Å². The summed E-state index contributed by atoms with van der Waals surface area (Å²) in [6, 6.07) is 8.02. The summed E-state index contributed by atoms with van der Waals surface area (Å²) in [6.07, 6.45) is 8.84. The normalized spacial score (nSPS) is 18.0. The van der Waals surface area contributed by atoms with Crippen LogP contribution in [0.1, 0.15) is 29.7 Å². The van der Waals surface area contributed by atoms with Gasteiger partial charge in [0, 0.05) is 24.9 Å². The number of hydrogen-bond donors (Lipinski definition) is 1. The number of halogens is 3. The largest absolute Gasteiger partial charge is 1.00 e. The van der Waals surface area contributed by atoms with Gasteiger partial charge in [-0.05, 0) is 84.5 Å². The topological polar surface area (TPSA) is 115 Å². The van der Waals surface area contributed by atoms with E-state index in [0.717, 1.165) is 17.6 Å². The maximum absolute atomic E-state index is 13.9. The second-order valence-corrected chi connectivity index (χ2v) is 14.7. The molecule has 2 aromatic carbocycles. The average molecular weight is 696 g/mol. The molecule has 0 atom stereocenters. The average Bonchev–Trinajstić information content (AvgIpc) is 3.37. The van der Waals surface area contributed by atoms with Crippen LogP contribution in [0, 0.1) is 11.6 Å². The molecule has 3 aromatic rings. The third kappa shape index (κ3) is 8.23. The van der Waals surface area contributed by atoms with Crippen LogP contribution >= 0.6 is 34.7 Å². The minimum atomic E-state index is -4.66. The Morgan fingerprint density at radius 3 is 2.45 bits per heavy atom. The second kappa shape index (κ2) is 13.6. The first-order valence-electron chi connectivity index (χ1n) is 12.1. The van der Waals surface area contributed by atoms with E-state index in [1.165, 1.54) is 58.3 Å². The van der Waals surface area contributed by atoms with E-state index in [9.17, 15) is 34.7 Å². The van der Waals surface area contributed by atoms with E-state index >= 15 is 0 Å². The number of anilines is 1. The molecule has 2 heterocycles. The van der Waals surface area contributed by atoms with Crippen molar-refractivity contribution in [2.24, 2.45) is 0 Å². The van der Waals surface area contributed by atoms with Gasteiger partial charge in [-0.1, -0.05) is 35.5 Å². The summed E-state index contributed by atoms with van der Waals surface area (Å²) in [7, 11) is -9.04. The molecule has 5 rings (SSSR count). The molecule has 0 saturated heterocycles. The first-order chi connectivity index (χ1) is 19.3. The van der Waals surface area contributed by atoms with Crippen LogP contribution in [0.3, 0.4) is 0 Å². The van der Waals surface area contributed by atoms with Gasteiger partial charge in [0.25, 0.3) is 10.1 Å². The predicted molar refractivity (Wildman–Crippen MR) is 158 cm³/mol. The smallest absolute Gasteiger partial charge is 0.747 e. The van der Waals surface area contributed by atoms with Crippen molar-refractivity contribution in [2.75, 3.05) is 10.8 Å². The second-order valence-electron chi connectivity index (χ2n) is 9.36. The van der Waals surface area contributed by atoms with Gasteiger partial charge in [-0.25, -0.2) is 17.2 Å². The minimum absolute atomic E-state index is 0. The van der Waals surface area contributed by atoms with Crippen LogP contribution in [0.5, 0.6) is 0 Å². The third-order valence-electron chi connectivity index (χ3n) is 6.41. The standard InChI is InChI=1S/C27H22ClF2NO6S4.K/c28-27-16(4-8-24-21(14-40(32,33)34)20-12-18(29)6-9-23(20)38-24)2-1-3-17(27)5-11-26-31(15-41(35,36)37)22-13-19(30)7-10-25(22)39-26;/h4-13H,1-3,14-15H2,(H,32,33,34)(H,35,36,37);/q;+1/p-1/b8-4+,17-5+,26-11-;. The molecule has 7 nitrogen and oxygen atoms in total. The van der Waals surface area contributed by atoms with Crippen LogP contribution in [0.2, 0.25) is 0 Å². The monoisotopic (exact) mass is 695 g/mol. The predicted octanol–water partition coefficient (Wildman–Crippen LogP) is 4.14. The molecule has 1 N–H and O–H groups in total. The van der Waals surface area contributed by atoms with Gasteiger partial charge in [-0.15, -0.1) is 11.3 Å². The van der Waals surface area contributed by atoms with Crippen molar-refractivity contribution in [3.63, 3.8) is 0 Å². The zero-order chi connectivity index (χ0) is 29.5. The Morgan fingerprint density at radius 1 is 1.02 bits per heavy atom. The Morgan fingerprint density at radius 2 is 1.74 bits per heavy atom. The van der Waals surface area contributed by atoms with Gasteiger partial charge >= 0.3 is 51.4 Å². The fraction of sp³-hybridized carbons (Fsp3) is 0.185. The van der Waals surface area contributed by atoms with Crippen LogP contribution in [0.4, 0.5) is 14.5 Å². The van der Waals surface area contributed by atoms with Gasteiger partial charge in [0.05, 0.1) is 10.7 Å². The SMILES string of the molecule is O=S(=O)([O-])CN1/C(=C/C=C2\CCCC(/C=C/c3sc4ccc(F)cc4c3CS(=O)(=O)O)=C2Cl)Sc2ccc(F)cc21.[K+]. The summed E-state index contributed by atoms with van der Waals surface area (Å²) >= 11 is 9.20. The van der Waals surface area contributed by atoms with E-state index in [1.807, 2.05) is 0 Å². The number of hydrogen-bond acceptors (Lipinski definition) is 8. The molecule has 0 amide bonds. The first-order valence-corrected chi connectivity index (χ1v) is 17.3. The van der Waals surface area contributed by atoms with E-state index in [4.69, 9.17) is 11.6 Å². The zero-order valence-corrected chi connectivity index (χ0v) is 29.2. The molecule has 1 aliphatic heterocycles. The molecule has 0 bridgehead atoms. The van der Waals surface area contributed by atoms with E-state index in [1.54, 1.807) is 30.4 Å². The summed E-state index contributed by atoms with van der Waals surface area (Å²) in [4.78, 5) is 2.41.